The first kappa shape index (κ1) is 15.0. The van der Waals surface area contributed by atoms with Crippen molar-refractivity contribution in [1.29, 1.82) is 0 Å². The molecule has 5 nitrogen and oxygen atoms in total. The Kier molecular flexibility index (Phi) is 4.11. The van der Waals surface area contributed by atoms with Crippen LogP contribution in [0.25, 0.3) is 5.69 Å². The number of nitrogens with one attached hydrogen (secondary N) is 1. The number of aromatic nitrogens is 2. The first-order valence-electron chi connectivity index (χ1n) is 7.41. The van der Waals surface area contributed by atoms with Crippen LogP contribution in [0.1, 0.15) is 36.6 Å². The van der Waals surface area contributed by atoms with Crippen molar-refractivity contribution in [3.8, 4) is 5.69 Å². The van der Waals surface area contributed by atoms with E-state index in [1.165, 1.54) is 0 Å². The third-order valence-electron chi connectivity index (χ3n) is 3.75. The number of para-hydroxylation sites is 1. The second-order valence-electron chi connectivity index (χ2n) is 5.50. The number of nitrogens with zero attached hydrogens (tertiary/aromatic N) is 2. The van der Waals surface area contributed by atoms with E-state index in [1.807, 2.05) is 38.1 Å². The summed E-state index contributed by atoms with van der Waals surface area (Å²) in [5, 5.41) is 7.56. The maximum Gasteiger partial charge on any atom is 0.225 e. The van der Waals surface area contributed by atoms with Gasteiger partial charge >= 0.3 is 0 Å². The maximum atomic E-state index is 12.0. The lowest BCUT2D eigenvalue weighted by Gasteiger charge is -2.12. The number of hydrogen-bond donors (Lipinski definition) is 1. The molecule has 0 saturated carbocycles. The summed E-state index contributed by atoms with van der Waals surface area (Å²) in [5.41, 5.74) is 3.75. The molecule has 1 atom stereocenters. The minimum Gasteiger partial charge on any atom is -0.310 e. The monoisotopic (exact) mass is 317 g/mol. The average Bonchev–Trinajstić information content (AvgIpc) is 2.98. The van der Waals surface area contributed by atoms with Gasteiger partial charge in [-0.25, -0.2) is 4.68 Å². The summed E-state index contributed by atoms with van der Waals surface area (Å²) in [4.78, 5) is 12.0. The molecule has 0 fully saturated rings. The molecule has 1 aromatic heterocycles. The quantitative estimate of drug-likeness (QED) is 0.943. The van der Waals surface area contributed by atoms with Gasteiger partial charge in [-0.05, 0) is 25.0 Å². The molecule has 1 amide bonds. The third kappa shape index (κ3) is 2.70. The summed E-state index contributed by atoms with van der Waals surface area (Å²) in [6.45, 7) is 3.98. The summed E-state index contributed by atoms with van der Waals surface area (Å²) in [5.74, 6) is 1.57. The Hall–Kier alpha value is -1.95. The summed E-state index contributed by atoms with van der Waals surface area (Å²) in [6.07, 6.45) is 1.26. The van der Waals surface area contributed by atoms with E-state index in [0.29, 0.717) is 23.7 Å². The van der Waals surface area contributed by atoms with Gasteiger partial charge in [-0.1, -0.05) is 25.1 Å². The van der Waals surface area contributed by atoms with Gasteiger partial charge in [-0.3, -0.25) is 9.00 Å². The molecule has 0 spiro atoms. The second kappa shape index (κ2) is 6.04. The van der Waals surface area contributed by atoms with Crippen LogP contribution >= 0.6 is 0 Å². The van der Waals surface area contributed by atoms with Crippen molar-refractivity contribution < 1.29 is 9.00 Å². The van der Waals surface area contributed by atoms with Gasteiger partial charge in [0, 0.05) is 22.8 Å². The molecule has 3 rings (SSSR count). The van der Waals surface area contributed by atoms with Crippen molar-refractivity contribution in [3.63, 3.8) is 0 Å². The number of benzene rings is 1. The molecular weight excluding hydrogens is 298 g/mol. The van der Waals surface area contributed by atoms with Crippen molar-refractivity contribution in [3.05, 3.63) is 41.1 Å². The standard InChI is InChI=1S/C16H19N3O2S/c1-3-6-15(20)17-16-12-9-22(21)10-13(12)18-19(16)14-8-5-4-7-11(14)2/h4-5,7-8H,3,6,9-10H2,1-2H3,(H,17,20). The Morgan fingerprint density at radius 3 is 2.86 bits per heavy atom. The van der Waals surface area contributed by atoms with E-state index in [9.17, 15) is 9.00 Å². The summed E-state index contributed by atoms with van der Waals surface area (Å²) in [7, 11) is -0.914. The predicted molar refractivity (Wildman–Crippen MR) is 87.4 cm³/mol. The van der Waals surface area contributed by atoms with Crippen LogP contribution in [-0.2, 0) is 27.1 Å². The first-order chi connectivity index (χ1) is 10.6. The highest BCUT2D eigenvalue weighted by molar-refractivity contribution is 7.83. The van der Waals surface area contributed by atoms with Gasteiger partial charge in [-0.15, -0.1) is 0 Å². The Bertz CT molecular complexity index is 752. The van der Waals surface area contributed by atoms with Gasteiger partial charge in [0.25, 0.3) is 0 Å². The van der Waals surface area contributed by atoms with E-state index >= 15 is 0 Å². The normalized spacial score (nSPS) is 16.5. The fourth-order valence-corrected chi connectivity index (χ4v) is 3.92. The average molecular weight is 317 g/mol. The molecule has 1 aliphatic heterocycles. The summed E-state index contributed by atoms with van der Waals surface area (Å²) in [6, 6.07) is 7.91. The number of rotatable bonds is 4. The fraction of sp³-hybridized carbons (Fsp3) is 0.375. The lowest BCUT2D eigenvalue weighted by Crippen LogP contribution is -2.16. The number of fused-ring (bicyclic) bond motifs is 1. The predicted octanol–water partition coefficient (Wildman–Crippen LogP) is 2.68. The molecule has 0 aliphatic carbocycles. The van der Waals surface area contributed by atoms with E-state index in [1.54, 1.807) is 4.68 Å². The Balaban J connectivity index is 2.07. The molecule has 2 heterocycles. The molecule has 0 radical (unpaired) electrons. The van der Waals surface area contributed by atoms with Crippen molar-refractivity contribution in [1.82, 2.24) is 9.78 Å². The van der Waals surface area contributed by atoms with E-state index in [4.69, 9.17) is 0 Å². The smallest absolute Gasteiger partial charge is 0.225 e. The second-order valence-corrected chi connectivity index (χ2v) is 6.96. The molecule has 1 unspecified atom stereocenters. The number of hydrogen-bond acceptors (Lipinski definition) is 3. The SMILES string of the molecule is CCCC(=O)Nc1c2c(nn1-c1ccccc1C)CS(=O)C2. The van der Waals surface area contributed by atoms with Gasteiger partial charge < -0.3 is 5.32 Å². The van der Waals surface area contributed by atoms with Crippen LogP contribution in [0.4, 0.5) is 5.82 Å². The number of carbonyl (C=O) groups excluding carboxylic acids is 1. The molecule has 0 bridgehead atoms. The van der Waals surface area contributed by atoms with E-state index in [0.717, 1.165) is 28.9 Å². The van der Waals surface area contributed by atoms with Gasteiger partial charge in [-0.2, -0.15) is 5.10 Å². The number of carbonyl (C=O) groups is 1. The van der Waals surface area contributed by atoms with Crippen LogP contribution in [0.3, 0.4) is 0 Å². The fourth-order valence-electron chi connectivity index (χ4n) is 2.65. The van der Waals surface area contributed by atoms with Gasteiger partial charge in [0.2, 0.25) is 5.91 Å². The van der Waals surface area contributed by atoms with Gasteiger partial charge in [0.1, 0.15) is 5.82 Å². The molecule has 22 heavy (non-hydrogen) atoms. The molecular formula is C16H19N3O2S. The van der Waals surface area contributed by atoms with E-state index < -0.39 is 10.8 Å². The Morgan fingerprint density at radius 2 is 2.14 bits per heavy atom. The molecule has 116 valence electrons. The molecule has 1 N–H and O–H groups in total. The Morgan fingerprint density at radius 1 is 1.36 bits per heavy atom. The van der Waals surface area contributed by atoms with Crippen LogP contribution in [-0.4, -0.2) is 19.9 Å². The van der Waals surface area contributed by atoms with Crippen LogP contribution in [0.5, 0.6) is 0 Å². The zero-order valence-electron chi connectivity index (χ0n) is 12.8. The number of amides is 1. The lowest BCUT2D eigenvalue weighted by atomic mass is 10.2. The van der Waals surface area contributed by atoms with Crippen LogP contribution in [0.15, 0.2) is 24.3 Å². The van der Waals surface area contributed by atoms with E-state index in [-0.39, 0.29) is 5.91 Å². The van der Waals surface area contributed by atoms with Crippen molar-refractivity contribution in [2.75, 3.05) is 5.32 Å². The number of anilines is 1. The molecule has 1 aliphatic rings. The zero-order chi connectivity index (χ0) is 15.7. The van der Waals surface area contributed by atoms with Gasteiger partial charge in [0.15, 0.2) is 0 Å². The number of aryl methyl sites for hydroxylation is 1. The molecule has 1 aromatic carbocycles. The largest absolute Gasteiger partial charge is 0.310 e. The molecule has 0 saturated heterocycles. The third-order valence-corrected chi connectivity index (χ3v) is 4.95. The van der Waals surface area contributed by atoms with Crippen molar-refractivity contribution in [2.24, 2.45) is 0 Å². The van der Waals surface area contributed by atoms with Crippen molar-refractivity contribution in [2.45, 2.75) is 38.2 Å². The minimum absolute atomic E-state index is 0.0299. The highest BCUT2D eigenvalue weighted by atomic mass is 32.2. The highest BCUT2D eigenvalue weighted by Gasteiger charge is 2.28. The van der Waals surface area contributed by atoms with Crippen LogP contribution in [0.2, 0.25) is 0 Å². The summed E-state index contributed by atoms with van der Waals surface area (Å²) >= 11 is 0. The zero-order valence-corrected chi connectivity index (χ0v) is 13.6. The lowest BCUT2D eigenvalue weighted by molar-refractivity contribution is -0.116. The van der Waals surface area contributed by atoms with Crippen molar-refractivity contribution >= 4 is 22.5 Å². The molecule has 2 aromatic rings. The maximum absolute atomic E-state index is 12.0. The Labute approximate surface area is 132 Å². The van der Waals surface area contributed by atoms with E-state index in [2.05, 4.69) is 10.4 Å². The van der Waals surface area contributed by atoms with Gasteiger partial charge in [0.05, 0.1) is 22.9 Å². The summed E-state index contributed by atoms with van der Waals surface area (Å²) < 4.78 is 13.6. The highest BCUT2D eigenvalue weighted by Crippen LogP contribution is 2.32. The minimum atomic E-state index is -0.914. The molecule has 6 heteroatoms. The van der Waals surface area contributed by atoms with Crippen LogP contribution in [0, 0.1) is 6.92 Å². The first-order valence-corrected chi connectivity index (χ1v) is 8.90. The van der Waals surface area contributed by atoms with Crippen LogP contribution < -0.4 is 5.32 Å². The topological polar surface area (TPSA) is 64.0 Å².